The summed E-state index contributed by atoms with van der Waals surface area (Å²) in [4.78, 5) is 0. The molecule has 110 valence electrons. The van der Waals surface area contributed by atoms with Crippen LogP contribution in [-0.4, -0.2) is 29.8 Å². The van der Waals surface area contributed by atoms with E-state index in [-0.39, 0.29) is 5.60 Å². The van der Waals surface area contributed by atoms with E-state index in [1.807, 2.05) is 11.8 Å². The van der Waals surface area contributed by atoms with Gasteiger partial charge in [0.25, 0.3) is 0 Å². The van der Waals surface area contributed by atoms with Crippen LogP contribution in [0.1, 0.15) is 44.6 Å². The first-order chi connectivity index (χ1) is 9.67. The third kappa shape index (κ3) is 3.15. The van der Waals surface area contributed by atoms with E-state index in [0.29, 0.717) is 12.0 Å². The van der Waals surface area contributed by atoms with Crippen LogP contribution in [0, 0.1) is 0 Å². The molecule has 0 saturated carbocycles. The highest BCUT2D eigenvalue weighted by atomic mass is 32.2. The van der Waals surface area contributed by atoms with Crippen LogP contribution in [0.2, 0.25) is 0 Å². The predicted molar refractivity (Wildman–Crippen MR) is 87.8 cm³/mol. The van der Waals surface area contributed by atoms with E-state index in [4.69, 9.17) is 4.74 Å². The highest BCUT2D eigenvalue weighted by Gasteiger charge is 2.40. The molecule has 2 aliphatic rings. The number of anilines is 1. The molecule has 1 N–H and O–H groups in total. The Morgan fingerprint density at radius 1 is 1.30 bits per heavy atom. The van der Waals surface area contributed by atoms with Gasteiger partial charge in [-0.2, -0.15) is 11.8 Å². The smallest absolute Gasteiger partial charge is 0.0799 e. The number of hydrogen-bond donors (Lipinski definition) is 1. The number of benzene rings is 1. The summed E-state index contributed by atoms with van der Waals surface area (Å²) in [6.07, 6.45) is 3.51. The van der Waals surface area contributed by atoms with Crippen molar-refractivity contribution in [2.24, 2.45) is 0 Å². The maximum Gasteiger partial charge on any atom is 0.0799 e. The van der Waals surface area contributed by atoms with Crippen molar-refractivity contribution in [2.45, 2.75) is 50.7 Å². The summed E-state index contributed by atoms with van der Waals surface area (Å²) < 4.78 is 6.08. The van der Waals surface area contributed by atoms with Crippen molar-refractivity contribution in [3.63, 3.8) is 0 Å². The van der Waals surface area contributed by atoms with Crippen LogP contribution in [-0.2, 0) is 4.74 Å². The fourth-order valence-corrected chi connectivity index (χ4v) is 4.59. The number of thioether (sulfide) groups is 1. The third-order valence-corrected chi connectivity index (χ3v) is 5.73. The lowest BCUT2D eigenvalue weighted by atomic mass is 9.89. The first-order valence-corrected chi connectivity index (χ1v) is 8.91. The Hall–Kier alpha value is -0.670. The molecular weight excluding hydrogens is 266 g/mol. The molecule has 0 aromatic heterocycles. The van der Waals surface area contributed by atoms with Gasteiger partial charge < -0.3 is 10.1 Å². The van der Waals surface area contributed by atoms with Crippen LogP contribution in [0.25, 0.3) is 0 Å². The number of hydrogen-bond acceptors (Lipinski definition) is 3. The summed E-state index contributed by atoms with van der Waals surface area (Å²) in [5.41, 5.74) is 2.83. The Morgan fingerprint density at radius 3 is 2.75 bits per heavy atom. The molecule has 2 fully saturated rings. The number of nitrogens with one attached hydrogen (secondary N) is 1. The molecule has 2 unspecified atom stereocenters. The molecule has 1 aromatic rings. The molecule has 0 amide bonds. The average molecular weight is 291 g/mol. The second-order valence-electron chi connectivity index (χ2n) is 6.44. The molecule has 20 heavy (non-hydrogen) atoms. The zero-order valence-corrected chi connectivity index (χ0v) is 13.3. The SMILES string of the molecule is CC(C)c1ccc(NC2CCOC3(CCSC3)C2)cc1. The van der Waals surface area contributed by atoms with E-state index >= 15 is 0 Å². The highest BCUT2D eigenvalue weighted by molar-refractivity contribution is 7.99. The normalized spacial score (nSPS) is 30.1. The average Bonchev–Trinajstić information content (AvgIpc) is 2.87. The molecular formula is C17H25NOS. The van der Waals surface area contributed by atoms with Crippen molar-refractivity contribution >= 4 is 17.4 Å². The second-order valence-corrected chi connectivity index (χ2v) is 7.55. The molecule has 2 nitrogen and oxygen atoms in total. The maximum atomic E-state index is 6.08. The van der Waals surface area contributed by atoms with Gasteiger partial charge in [0.1, 0.15) is 0 Å². The molecule has 0 bridgehead atoms. The van der Waals surface area contributed by atoms with Crippen molar-refractivity contribution in [1.29, 1.82) is 0 Å². The van der Waals surface area contributed by atoms with Gasteiger partial charge in [-0.25, -0.2) is 0 Å². The van der Waals surface area contributed by atoms with Crippen molar-refractivity contribution in [2.75, 3.05) is 23.4 Å². The van der Waals surface area contributed by atoms with Crippen LogP contribution in [0.5, 0.6) is 0 Å². The van der Waals surface area contributed by atoms with Crippen molar-refractivity contribution in [3.8, 4) is 0 Å². The minimum atomic E-state index is 0.165. The summed E-state index contributed by atoms with van der Waals surface area (Å²) in [6, 6.07) is 9.50. The van der Waals surface area contributed by atoms with E-state index in [1.54, 1.807) is 0 Å². The summed E-state index contributed by atoms with van der Waals surface area (Å²) in [5.74, 6) is 3.04. The largest absolute Gasteiger partial charge is 0.382 e. The first kappa shape index (κ1) is 14.3. The van der Waals surface area contributed by atoms with E-state index in [9.17, 15) is 0 Å². The lowest BCUT2D eigenvalue weighted by Crippen LogP contribution is -2.44. The lowest BCUT2D eigenvalue weighted by molar-refractivity contribution is -0.0628. The lowest BCUT2D eigenvalue weighted by Gasteiger charge is -2.38. The van der Waals surface area contributed by atoms with Crippen LogP contribution >= 0.6 is 11.8 Å². The standard InChI is InChI=1S/C17H25NOS/c1-13(2)14-3-5-15(6-4-14)18-16-7-9-19-17(11-16)8-10-20-12-17/h3-6,13,16,18H,7-12H2,1-2H3. The van der Waals surface area contributed by atoms with Gasteiger partial charge in [-0.3, -0.25) is 0 Å². The van der Waals surface area contributed by atoms with Crippen molar-refractivity contribution < 1.29 is 4.74 Å². The fourth-order valence-electron chi connectivity index (χ4n) is 3.21. The minimum absolute atomic E-state index is 0.165. The molecule has 2 heterocycles. The molecule has 0 radical (unpaired) electrons. The van der Waals surface area contributed by atoms with Gasteiger partial charge in [-0.15, -0.1) is 0 Å². The minimum Gasteiger partial charge on any atom is -0.382 e. The zero-order valence-electron chi connectivity index (χ0n) is 12.5. The molecule has 1 spiro atoms. The van der Waals surface area contributed by atoms with Crippen LogP contribution in [0.4, 0.5) is 5.69 Å². The monoisotopic (exact) mass is 291 g/mol. The van der Waals surface area contributed by atoms with Gasteiger partial charge in [-0.05, 0) is 48.6 Å². The molecule has 3 rings (SSSR count). The van der Waals surface area contributed by atoms with Gasteiger partial charge >= 0.3 is 0 Å². The van der Waals surface area contributed by atoms with Gasteiger partial charge in [-0.1, -0.05) is 26.0 Å². The van der Waals surface area contributed by atoms with Gasteiger partial charge in [0.15, 0.2) is 0 Å². The van der Waals surface area contributed by atoms with Gasteiger partial charge in [0.2, 0.25) is 0 Å². The fraction of sp³-hybridized carbons (Fsp3) is 0.647. The highest BCUT2D eigenvalue weighted by Crippen LogP contribution is 2.39. The van der Waals surface area contributed by atoms with Crippen LogP contribution in [0.3, 0.4) is 0 Å². The van der Waals surface area contributed by atoms with E-state index in [0.717, 1.165) is 19.4 Å². The summed E-state index contributed by atoms with van der Waals surface area (Å²) in [6.45, 7) is 5.38. The predicted octanol–water partition coefficient (Wildman–Crippen LogP) is 4.28. The Balaban J connectivity index is 1.62. The number of rotatable bonds is 3. The van der Waals surface area contributed by atoms with Crippen molar-refractivity contribution in [1.82, 2.24) is 0 Å². The van der Waals surface area contributed by atoms with Gasteiger partial charge in [0, 0.05) is 24.1 Å². The molecule has 2 atom stereocenters. The topological polar surface area (TPSA) is 21.3 Å². The van der Waals surface area contributed by atoms with E-state index in [2.05, 4.69) is 43.4 Å². The summed E-state index contributed by atoms with van der Waals surface area (Å²) >= 11 is 2.04. The molecule has 2 aliphatic heterocycles. The first-order valence-electron chi connectivity index (χ1n) is 7.75. The van der Waals surface area contributed by atoms with Crippen LogP contribution in [0.15, 0.2) is 24.3 Å². The zero-order chi connectivity index (χ0) is 14.0. The third-order valence-electron chi connectivity index (χ3n) is 4.51. The summed E-state index contributed by atoms with van der Waals surface area (Å²) in [7, 11) is 0. The summed E-state index contributed by atoms with van der Waals surface area (Å²) in [5, 5.41) is 3.71. The Labute approximate surface area is 126 Å². The Kier molecular flexibility index (Phi) is 4.27. The molecule has 2 saturated heterocycles. The second kappa shape index (κ2) is 5.98. The van der Waals surface area contributed by atoms with E-state index < -0.39 is 0 Å². The van der Waals surface area contributed by atoms with Crippen LogP contribution < -0.4 is 5.32 Å². The van der Waals surface area contributed by atoms with E-state index in [1.165, 1.54) is 29.2 Å². The van der Waals surface area contributed by atoms with Gasteiger partial charge in [0.05, 0.1) is 5.60 Å². The number of ether oxygens (including phenoxy) is 1. The maximum absolute atomic E-state index is 6.08. The van der Waals surface area contributed by atoms with Crippen molar-refractivity contribution in [3.05, 3.63) is 29.8 Å². The Bertz CT molecular complexity index is 437. The quantitative estimate of drug-likeness (QED) is 0.898. The molecule has 0 aliphatic carbocycles. The molecule has 1 aromatic carbocycles. The Morgan fingerprint density at radius 2 is 2.10 bits per heavy atom. The molecule has 3 heteroatoms.